The van der Waals surface area contributed by atoms with Crippen molar-refractivity contribution in [3.05, 3.63) is 178 Å². The van der Waals surface area contributed by atoms with Crippen molar-refractivity contribution >= 4 is 0 Å². The van der Waals surface area contributed by atoms with Crippen LogP contribution in [0.1, 0.15) is 82.2 Å². The largest absolute Gasteiger partial charge is 0.257 e. The first kappa shape index (κ1) is 30.9. The second-order valence-electron chi connectivity index (χ2n) is 12.4. The molecular formula is C40H40N6. The summed E-state index contributed by atoms with van der Waals surface area (Å²) in [7, 11) is 0. The third kappa shape index (κ3) is 6.08. The second-order valence-corrected chi connectivity index (χ2v) is 12.4. The Morgan fingerprint density at radius 2 is 0.587 bits per heavy atom. The van der Waals surface area contributed by atoms with Gasteiger partial charge in [0.15, 0.2) is 0 Å². The molecule has 0 aliphatic rings. The molecule has 6 aromatic rings. The Labute approximate surface area is 272 Å². The van der Waals surface area contributed by atoms with Crippen molar-refractivity contribution in [2.75, 3.05) is 0 Å². The van der Waals surface area contributed by atoms with Gasteiger partial charge in [-0.25, -0.2) is 0 Å². The van der Waals surface area contributed by atoms with Crippen LogP contribution in [0.15, 0.2) is 109 Å². The van der Waals surface area contributed by atoms with E-state index >= 15 is 0 Å². The van der Waals surface area contributed by atoms with Crippen molar-refractivity contribution < 1.29 is 0 Å². The van der Waals surface area contributed by atoms with Crippen LogP contribution in [0.4, 0.5) is 0 Å². The molecule has 0 aliphatic heterocycles. The number of hydrogen-bond donors (Lipinski definition) is 0. The number of aromatic nitrogens is 6. The molecule has 6 heteroatoms. The molecule has 0 unspecified atom stereocenters. The Balaban J connectivity index is 1.34. The van der Waals surface area contributed by atoms with E-state index in [0.29, 0.717) is 0 Å². The van der Waals surface area contributed by atoms with Gasteiger partial charge in [-0.15, -0.1) is 0 Å². The molecule has 0 bridgehead atoms. The molecule has 0 aliphatic carbocycles. The zero-order valence-electron chi connectivity index (χ0n) is 27.5. The molecule has 0 saturated carbocycles. The van der Waals surface area contributed by atoms with Crippen LogP contribution in [-0.2, 0) is 23.7 Å². The topological polar surface area (TPSA) is 77.3 Å². The average Bonchev–Trinajstić information content (AvgIpc) is 3.07. The molecule has 0 aromatic carbocycles. The predicted molar refractivity (Wildman–Crippen MR) is 183 cm³/mol. The van der Waals surface area contributed by atoms with Crippen LogP contribution in [0.25, 0.3) is 0 Å². The molecular weight excluding hydrogens is 564 g/mol. The van der Waals surface area contributed by atoms with E-state index in [0.717, 1.165) is 81.2 Å². The maximum Gasteiger partial charge on any atom is 0.0939 e. The summed E-state index contributed by atoms with van der Waals surface area (Å²) < 4.78 is 0. The van der Waals surface area contributed by atoms with Crippen LogP contribution in [0.2, 0.25) is 0 Å². The van der Waals surface area contributed by atoms with E-state index < -0.39 is 10.8 Å². The van der Waals surface area contributed by atoms with E-state index in [9.17, 15) is 0 Å². The Hall–Kier alpha value is -5.10. The molecule has 0 fully saturated rings. The summed E-state index contributed by atoms with van der Waals surface area (Å²) >= 11 is 0. The standard InChI is InChI=1S/C40H40N6/c1-27-13-7-19-33(41-27)39(5,34-20-8-14-28(2)42-34)37-23-11-17-31(45-37)25-26-32-18-12-24-38(46-32)40(6,35-21-9-15-29(3)43-35)36-22-10-16-30(4)44-36/h7-24H,25-26H2,1-6H3. The van der Waals surface area contributed by atoms with Crippen molar-refractivity contribution in [2.45, 2.75) is 65.2 Å². The fraction of sp³-hybridized carbons (Fsp3) is 0.250. The van der Waals surface area contributed by atoms with Crippen LogP contribution in [0.3, 0.4) is 0 Å². The van der Waals surface area contributed by atoms with E-state index in [2.05, 4.69) is 98.8 Å². The number of aryl methyl sites for hydroxylation is 6. The normalized spacial score (nSPS) is 11.9. The predicted octanol–water partition coefficient (Wildman–Crippen LogP) is 7.78. The minimum Gasteiger partial charge on any atom is -0.257 e. The van der Waals surface area contributed by atoms with E-state index in [4.69, 9.17) is 29.9 Å². The van der Waals surface area contributed by atoms with E-state index in [1.54, 1.807) is 0 Å². The van der Waals surface area contributed by atoms with E-state index in [1.807, 2.05) is 52.0 Å². The number of pyridine rings is 6. The molecule has 0 N–H and O–H groups in total. The summed E-state index contributed by atoms with van der Waals surface area (Å²) in [6.07, 6.45) is 1.48. The summed E-state index contributed by atoms with van der Waals surface area (Å²) in [6.45, 7) is 12.4. The van der Waals surface area contributed by atoms with Gasteiger partial charge in [0.05, 0.1) is 45.0 Å². The highest BCUT2D eigenvalue weighted by molar-refractivity contribution is 5.44. The van der Waals surface area contributed by atoms with Gasteiger partial charge < -0.3 is 0 Å². The lowest BCUT2D eigenvalue weighted by Gasteiger charge is -2.29. The molecule has 6 heterocycles. The number of nitrogens with zero attached hydrogens (tertiary/aromatic N) is 6. The summed E-state index contributed by atoms with van der Waals surface area (Å²) in [6, 6.07) is 37.2. The van der Waals surface area contributed by atoms with Crippen LogP contribution in [0, 0.1) is 27.7 Å². The minimum absolute atomic E-state index is 0.615. The monoisotopic (exact) mass is 604 g/mol. The molecule has 0 saturated heterocycles. The molecule has 6 nitrogen and oxygen atoms in total. The number of rotatable bonds is 9. The van der Waals surface area contributed by atoms with Gasteiger partial charge in [0.2, 0.25) is 0 Å². The quantitative estimate of drug-likeness (QED) is 0.168. The third-order valence-corrected chi connectivity index (χ3v) is 8.88. The molecule has 6 aromatic heterocycles. The fourth-order valence-corrected chi connectivity index (χ4v) is 6.12. The number of hydrogen-bond acceptors (Lipinski definition) is 6. The molecule has 46 heavy (non-hydrogen) atoms. The Morgan fingerprint density at radius 3 is 0.848 bits per heavy atom. The maximum absolute atomic E-state index is 5.23. The van der Waals surface area contributed by atoms with Gasteiger partial charge in [-0.3, -0.25) is 29.9 Å². The van der Waals surface area contributed by atoms with Crippen molar-refractivity contribution in [2.24, 2.45) is 0 Å². The SMILES string of the molecule is Cc1cccc(C(C)(c2cccc(C)n2)c2cccc(CCc3cccc(C(C)(c4cccc(C)n4)c4cccc(C)n4)n3)n2)n1. The van der Waals surface area contributed by atoms with Crippen molar-refractivity contribution in [3.63, 3.8) is 0 Å². The molecule has 0 amide bonds. The van der Waals surface area contributed by atoms with Gasteiger partial charge in [0.25, 0.3) is 0 Å². The Kier molecular flexibility index (Phi) is 8.55. The lowest BCUT2D eigenvalue weighted by atomic mass is 9.78. The first-order chi connectivity index (χ1) is 22.2. The van der Waals surface area contributed by atoms with E-state index in [-0.39, 0.29) is 0 Å². The van der Waals surface area contributed by atoms with Gasteiger partial charge in [0.1, 0.15) is 0 Å². The maximum atomic E-state index is 5.23. The first-order valence-electron chi connectivity index (χ1n) is 15.9. The first-order valence-corrected chi connectivity index (χ1v) is 15.9. The molecule has 0 radical (unpaired) electrons. The highest BCUT2D eigenvalue weighted by atomic mass is 14.9. The zero-order valence-corrected chi connectivity index (χ0v) is 27.5. The molecule has 0 atom stereocenters. The highest BCUT2D eigenvalue weighted by Gasteiger charge is 2.37. The Morgan fingerprint density at radius 1 is 0.348 bits per heavy atom. The smallest absolute Gasteiger partial charge is 0.0939 e. The van der Waals surface area contributed by atoms with Crippen LogP contribution in [-0.4, -0.2) is 29.9 Å². The Bertz CT molecular complexity index is 1760. The fourth-order valence-electron chi connectivity index (χ4n) is 6.12. The van der Waals surface area contributed by atoms with Crippen LogP contribution in [0.5, 0.6) is 0 Å². The van der Waals surface area contributed by atoms with Gasteiger partial charge >= 0.3 is 0 Å². The van der Waals surface area contributed by atoms with Crippen molar-refractivity contribution in [1.82, 2.24) is 29.9 Å². The van der Waals surface area contributed by atoms with Gasteiger partial charge in [-0.2, -0.15) is 0 Å². The minimum atomic E-state index is -0.615. The average molecular weight is 605 g/mol. The molecule has 0 spiro atoms. The van der Waals surface area contributed by atoms with Crippen LogP contribution < -0.4 is 0 Å². The summed E-state index contributed by atoms with van der Waals surface area (Å²) in [5, 5.41) is 0. The molecule has 6 rings (SSSR count). The third-order valence-electron chi connectivity index (χ3n) is 8.88. The lowest BCUT2D eigenvalue weighted by Crippen LogP contribution is -2.30. The summed E-state index contributed by atoms with van der Waals surface area (Å²) in [5.41, 5.74) is 10.2. The van der Waals surface area contributed by atoms with Crippen LogP contribution >= 0.6 is 0 Å². The second kappa shape index (κ2) is 12.7. The van der Waals surface area contributed by atoms with Crippen molar-refractivity contribution in [3.8, 4) is 0 Å². The van der Waals surface area contributed by atoms with Crippen molar-refractivity contribution in [1.29, 1.82) is 0 Å². The summed E-state index contributed by atoms with van der Waals surface area (Å²) in [4.78, 5) is 30.2. The van der Waals surface area contributed by atoms with Gasteiger partial charge in [-0.05, 0) is 127 Å². The lowest BCUT2D eigenvalue weighted by molar-refractivity contribution is 0.607. The molecule has 230 valence electrons. The summed E-state index contributed by atoms with van der Waals surface area (Å²) in [5.74, 6) is 0. The highest BCUT2D eigenvalue weighted by Crippen LogP contribution is 2.37. The zero-order chi connectivity index (χ0) is 32.3. The van der Waals surface area contributed by atoms with Gasteiger partial charge in [-0.1, -0.05) is 36.4 Å². The van der Waals surface area contributed by atoms with Gasteiger partial charge in [0, 0.05) is 34.2 Å². The van der Waals surface area contributed by atoms with E-state index in [1.165, 1.54) is 0 Å².